The number of halogens is 2. The molecule has 1 unspecified atom stereocenters. The molecule has 0 spiro atoms. The van der Waals surface area contributed by atoms with E-state index in [9.17, 15) is 9.59 Å². The molecule has 0 N–H and O–H groups in total. The normalized spacial score (nSPS) is 16.0. The Labute approximate surface area is 185 Å². The van der Waals surface area contributed by atoms with Gasteiger partial charge in [0.2, 0.25) is 0 Å². The lowest BCUT2D eigenvalue weighted by molar-refractivity contribution is -0.136. The molecule has 29 heavy (non-hydrogen) atoms. The first kappa shape index (κ1) is 20.1. The minimum absolute atomic E-state index is 0.0441. The lowest BCUT2D eigenvalue weighted by Gasteiger charge is -2.20. The second-order valence-electron chi connectivity index (χ2n) is 6.17. The van der Waals surface area contributed by atoms with Crippen molar-refractivity contribution in [2.45, 2.75) is 12.5 Å². The van der Waals surface area contributed by atoms with Crippen LogP contribution in [0.1, 0.15) is 32.6 Å². The van der Waals surface area contributed by atoms with Crippen LogP contribution >= 0.6 is 45.9 Å². The average Bonchev–Trinajstić information content (AvgIpc) is 3.46. The van der Waals surface area contributed by atoms with Crippen LogP contribution in [0.15, 0.2) is 58.3 Å². The van der Waals surface area contributed by atoms with Gasteiger partial charge in [-0.25, -0.2) is 9.80 Å². The van der Waals surface area contributed by atoms with Gasteiger partial charge in [-0.05, 0) is 35.0 Å². The van der Waals surface area contributed by atoms with Crippen molar-refractivity contribution in [2.75, 3.05) is 6.61 Å². The molecule has 0 aliphatic carbocycles. The zero-order valence-electron chi connectivity index (χ0n) is 14.9. The van der Waals surface area contributed by atoms with Gasteiger partial charge in [0.05, 0.1) is 32.2 Å². The van der Waals surface area contributed by atoms with Crippen LogP contribution in [-0.2, 0) is 9.53 Å². The Hall–Kier alpha value is -2.19. The summed E-state index contributed by atoms with van der Waals surface area (Å²) in [6.07, 6.45) is 0.608. The Bertz CT molecular complexity index is 1050. The predicted molar refractivity (Wildman–Crippen MR) is 116 cm³/mol. The van der Waals surface area contributed by atoms with Crippen LogP contribution in [0.3, 0.4) is 0 Å². The maximum absolute atomic E-state index is 12.9. The monoisotopic (exact) mass is 464 g/mol. The van der Waals surface area contributed by atoms with E-state index in [1.54, 1.807) is 28.7 Å². The molecule has 4 rings (SSSR count). The van der Waals surface area contributed by atoms with Gasteiger partial charge >= 0.3 is 5.97 Å². The Kier molecular flexibility index (Phi) is 6.01. The first-order chi connectivity index (χ1) is 14.0. The van der Waals surface area contributed by atoms with Gasteiger partial charge in [0, 0.05) is 11.3 Å². The number of rotatable bonds is 5. The highest BCUT2D eigenvalue weighted by molar-refractivity contribution is 7.12. The molecule has 1 atom stereocenters. The molecule has 0 radical (unpaired) electrons. The Morgan fingerprint density at radius 2 is 1.79 bits per heavy atom. The third kappa shape index (κ3) is 4.23. The van der Waals surface area contributed by atoms with Crippen LogP contribution in [0.4, 0.5) is 0 Å². The predicted octanol–water partition coefficient (Wildman–Crippen LogP) is 5.65. The first-order valence-electron chi connectivity index (χ1n) is 8.62. The molecule has 1 aliphatic heterocycles. The van der Waals surface area contributed by atoms with Crippen LogP contribution < -0.4 is 0 Å². The van der Waals surface area contributed by atoms with Gasteiger partial charge in [0.25, 0.3) is 5.91 Å². The fourth-order valence-electron chi connectivity index (χ4n) is 2.99. The molecule has 0 fully saturated rings. The number of carbonyl (C=O) groups excluding carboxylic acids is 2. The summed E-state index contributed by atoms with van der Waals surface area (Å²) in [6.45, 7) is -0.455. The second kappa shape index (κ2) is 8.67. The average molecular weight is 465 g/mol. The third-order valence-corrected chi connectivity index (χ3v) is 6.86. The highest BCUT2D eigenvalue weighted by Crippen LogP contribution is 2.36. The van der Waals surface area contributed by atoms with E-state index in [4.69, 9.17) is 27.9 Å². The lowest BCUT2D eigenvalue weighted by atomic mass is 10.1. The number of amides is 1. The van der Waals surface area contributed by atoms with Crippen molar-refractivity contribution in [1.29, 1.82) is 0 Å². The standard InChI is InChI=1S/C20H14Cl2N2O3S2/c21-12-4-1-5-13(22)19(12)20(26)27-11-18(25)24-15(17-7-3-9-29-17)10-14(23-24)16-6-2-8-28-16/h1-9,15H,10-11H2. The molecule has 0 saturated carbocycles. The molecule has 3 aromatic rings. The fourth-order valence-corrected chi connectivity index (χ4v) is 5.08. The van der Waals surface area contributed by atoms with E-state index in [1.807, 2.05) is 35.0 Å². The number of nitrogens with zero attached hydrogens (tertiary/aromatic N) is 2. The highest BCUT2D eigenvalue weighted by atomic mass is 35.5. The third-order valence-electron chi connectivity index (χ3n) is 4.34. The first-order valence-corrected chi connectivity index (χ1v) is 11.1. The van der Waals surface area contributed by atoms with Crippen molar-refractivity contribution >= 4 is 63.5 Å². The van der Waals surface area contributed by atoms with Crippen molar-refractivity contribution < 1.29 is 14.3 Å². The van der Waals surface area contributed by atoms with Crippen molar-refractivity contribution in [2.24, 2.45) is 5.10 Å². The van der Waals surface area contributed by atoms with Crippen LogP contribution in [0.25, 0.3) is 0 Å². The van der Waals surface area contributed by atoms with Gasteiger partial charge < -0.3 is 4.74 Å². The summed E-state index contributed by atoms with van der Waals surface area (Å²) >= 11 is 15.2. The van der Waals surface area contributed by atoms with Gasteiger partial charge in [0.15, 0.2) is 6.61 Å². The van der Waals surface area contributed by atoms with Gasteiger partial charge in [-0.3, -0.25) is 4.79 Å². The molecule has 3 heterocycles. The number of thiophene rings is 2. The zero-order chi connectivity index (χ0) is 20.4. The highest BCUT2D eigenvalue weighted by Gasteiger charge is 2.34. The minimum Gasteiger partial charge on any atom is -0.452 e. The molecule has 2 aromatic heterocycles. The summed E-state index contributed by atoms with van der Waals surface area (Å²) < 4.78 is 5.19. The number of hydrazone groups is 1. The molecule has 0 bridgehead atoms. The number of benzene rings is 1. The fraction of sp³-hybridized carbons (Fsp3) is 0.150. The van der Waals surface area contributed by atoms with Gasteiger partial charge in [-0.2, -0.15) is 5.10 Å². The summed E-state index contributed by atoms with van der Waals surface area (Å²) in [7, 11) is 0. The van der Waals surface area contributed by atoms with Crippen molar-refractivity contribution in [3.63, 3.8) is 0 Å². The molecular formula is C20H14Cl2N2O3S2. The summed E-state index contributed by atoms with van der Waals surface area (Å²) in [5.74, 6) is -1.16. The van der Waals surface area contributed by atoms with E-state index in [0.717, 1.165) is 15.5 Å². The summed E-state index contributed by atoms with van der Waals surface area (Å²) in [5.41, 5.74) is 0.884. The van der Waals surface area contributed by atoms with E-state index in [-0.39, 0.29) is 21.7 Å². The van der Waals surface area contributed by atoms with Crippen molar-refractivity contribution in [3.8, 4) is 0 Å². The Morgan fingerprint density at radius 3 is 2.45 bits per heavy atom. The summed E-state index contributed by atoms with van der Waals surface area (Å²) in [6, 6.07) is 12.3. The summed E-state index contributed by atoms with van der Waals surface area (Å²) in [4.78, 5) is 27.3. The number of esters is 1. The quantitative estimate of drug-likeness (QED) is 0.458. The minimum atomic E-state index is -0.747. The zero-order valence-corrected chi connectivity index (χ0v) is 18.0. The molecule has 5 nitrogen and oxygen atoms in total. The van der Waals surface area contributed by atoms with Crippen LogP contribution in [0.2, 0.25) is 10.0 Å². The number of hydrogen-bond donors (Lipinski definition) is 0. The smallest absolute Gasteiger partial charge is 0.341 e. The van der Waals surface area contributed by atoms with E-state index in [2.05, 4.69) is 5.10 Å². The molecule has 9 heteroatoms. The van der Waals surface area contributed by atoms with Gasteiger partial charge in [-0.1, -0.05) is 41.4 Å². The van der Waals surface area contributed by atoms with Crippen LogP contribution in [0.5, 0.6) is 0 Å². The molecule has 1 aliphatic rings. The largest absolute Gasteiger partial charge is 0.452 e. The van der Waals surface area contributed by atoms with E-state index in [1.165, 1.54) is 17.1 Å². The molecule has 0 saturated heterocycles. The SMILES string of the molecule is O=C(OCC(=O)N1N=C(c2cccs2)CC1c1cccs1)c1c(Cl)cccc1Cl. The van der Waals surface area contributed by atoms with Crippen LogP contribution in [0, 0.1) is 0 Å². The van der Waals surface area contributed by atoms with E-state index < -0.39 is 18.5 Å². The lowest BCUT2D eigenvalue weighted by Crippen LogP contribution is -2.31. The second-order valence-corrected chi connectivity index (χ2v) is 8.91. The van der Waals surface area contributed by atoms with Gasteiger partial charge in [-0.15, -0.1) is 22.7 Å². The van der Waals surface area contributed by atoms with E-state index in [0.29, 0.717) is 6.42 Å². The number of carbonyl (C=O) groups is 2. The Balaban J connectivity index is 1.51. The van der Waals surface area contributed by atoms with Crippen LogP contribution in [-0.4, -0.2) is 29.2 Å². The maximum Gasteiger partial charge on any atom is 0.341 e. The van der Waals surface area contributed by atoms with Crippen molar-refractivity contribution in [3.05, 3.63) is 78.6 Å². The number of ether oxygens (including phenoxy) is 1. The summed E-state index contributed by atoms with van der Waals surface area (Å²) in [5, 5.41) is 10.2. The van der Waals surface area contributed by atoms with Gasteiger partial charge in [0.1, 0.15) is 0 Å². The number of hydrogen-bond acceptors (Lipinski definition) is 6. The molecule has 148 valence electrons. The topological polar surface area (TPSA) is 59.0 Å². The van der Waals surface area contributed by atoms with Crippen molar-refractivity contribution in [1.82, 2.24) is 5.01 Å². The maximum atomic E-state index is 12.9. The Morgan fingerprint density at radius 1 is 1.07 bits per heavy atom. The van der Waals surface area contributed by atoms with E-state index >= 15 is 0 Å². The molecule has 1 aromatic carbocycles. The molecule has 1 amide bonds. The molecular weight excluding hydrogens is 451 g/mol.